The van der Waals surface area contributed by atoms with Gasteiger partial charge in [-0.05, 0) is 61.4 Å². The van der Waals surface area contributed by atoms with Crippen LogP contribution in [0.4, 0.5) is 5.69 Å². The largest absolute Gasteiger partial charge is 0.383 e. The number of hydrogen-bond acceptors (Lipinski definition) is 4. The predicted molar refractivity (Wildman–Crippen MR) is 123 cm³/mol. The smallest absolute Gasteiger partial charge is 0.278 e. The average molecular weight is 480 g/mol. The van der Waals surface area contributed by atoms with Crippen LogP contribution in [0.2, 0.25) is 0 Å². The van der Waals surface area contributed by atoms with Crippen LogP contribution in [0.25, 0.3) is 16.6 Å². The molecular formula is C23H22BrN5O2. The fraction of sp³-hybridized carbons (Fsp3) is 0.261. The van der Waals surface area contributed by atoms with Crippen molar-refractivity contribution in [3.05, 3.63) is 70.6 Å². The number of carbonyl (C=O) groups excluding carboxylic acids is 1. The molecule has 158 valence electrons. The fourth-order valence-corrected chi connectivity index (χ4v) is 4.06. The van der Waals surface area contributed by atoms with Gasteiger partial charge in [0.2, 0.25) is 0 Å². The second-order valence-electron chi connectivity index (χ2n) is 7.72. The Morgan fingerprint density at radius 3 is 2.74 bits per heavy atom. The van der Waals surface area contributed by atoms with Gasteiger partial charge in [0, 0.05) is 46.8 Å². The zero-order valence-electron chi connectivity index (χ0n) is 17.1. The van der Waals surface area contributed by atoms with E-state index < -0.39 is 0 Å². The van der Waals surface area contributed by atoms with Crippen LogP contribution >= 0.6 is 15.9 Å². The van der Waals surface area contributed by atoms with Gasteiger partial charge in [-0.1, -0.05) is 21.1 Å². The molecule has 1 aliphatic rings. The third-order valence-corrected chi connectivity index (χ3v) is 6.05. The molecule has 0 spiro atoms. The lowest BCUT2D eigenvalue weighted by Crippen LogP contribution is -2.15. The molecule has 0 unspecified atom stereocenters. The molecule has 2 aromatic heterocycles. The number of amides is 1. The summed E-state index contributed by atoms with van der Waals surface area (Å²) in [6.07, 6.45) is 4.13. The Morgan fingerprint density at radius 2 is 2.00 bits per heavy atom. The van der Waals surface area contributed by atoms with E-state index in [4.69, 9.17) is 4.74 Å². The number of fused-ring (bicyclic) bond motifs is 1. The van der Waals surface area contributed by atoms with Crippen molar-refractivity contribution >= 4 is 38.4 Å². The summed E-state index contributed by atoms with van der Waals surface area (Å²) in [5.41, 5.74) is 4.02. The van der Waals surface area contributed by atoms with Crippen LogP contribution in [-0.2, 0) is 11.3 Å². The Bertz CT molecular complexity index is 1240. The quantitative estimate of drug-likeness (QED) is 0.414. The summed E-state index contributed by atoms with van der Waals surface area (Å²) < 4.78 is 10.1. The standard InChI is InChI=1S/C23H22BrN5O2/c1-31-13-12-28-11-10-16-14-18(6-9-20(16)28)25-23(30)21-22(15-2-3-15)29(27-26-21)19-7-4-17(24)5-8-19/h4-11,14-15H,2-3,12-13H2,1H3,(H,25,30). The first-order valence-corrected chi connectivity index (χ1v) is 11.0. The minimum Gasteiger partial charge on any atom is -0.383 e. The summed E-state index contributed by atoms with van der Waals surface area (Å²) in [5.74, 6) is 0.0834. The molecule has 4 aromatic rings. The van der Waals surface area contributed by atoms with Gasteiger partial charge in [-0.25, -0.2) is 4.68 Å². The highest BCUT2D eigenvalue weighted by molar-refractivity contribution is 9.10. The summed E-state index contributed by atoms with van der Waals surface area (Å²) in [7, 11) is 1.70. The number of rotatable bonds is 7. The SMILES string of the molecule is COCCn1ccc2cc(NC(=O)c3nnn(-c4ccc(Br)cc4)c3C3CC3)ccc21. The molecule has 0 radical (unpaired) electrons. The van der Waals surface area contributed by atoms with E-state index in [0.29, 0.717) is 18.2 Å². The molecule has 5 rings (SSSR count). The maximum absolute atomic E-state index is 13.1. The van der Waals surface area contributed by atoms with Gasteiger partial charge in [0.1, 0.15) is 0 Å². The number of methoxy groups -OCH3 is 1. The monoisotopic (exact) mass is 479 g/mol. The molecule has 0 atom stereocenters. The molecule has 1 fully saturated rings. The van der Waals surface area contributed by atoms with Crippen LogP contribution in [0, 0.1) is 0 Å². The Morgan fingerprint density at radius 1 is 1.19 bits per heavy atom. The third-order valence-electron chi connectivity index (χ3n) is 5.52. The normalized spacial score (nSPS) is 13.6. The highest BCUT2D eigenvalue weighted by atomic mass is 79.9. The molecule has 1 saturated carbocycles. The van der Waals surface area contributed by atoms with E-state index >= 15 is 0 Å². The number of nitrogens with one attached hydrogen (secondary N) is 1. The number of aromatic nitrogens is 4. The lowest BCUT2D eigenvalue weighted by Gasteiger charge is -2.09. The van der Waals surface area contributed by atoms with Crippen molar-refractivity contribution in [2.75, 3.05) is 19.0 Å². The first kappa shape index (κ1) is 20.0. The minimum absolute atomic E-state index is 0.233. The van der Waals surface area contributed by atoms with E-state index in [-0.39, 0.29) is 5.91 Å². The highest BCUT2D eigenvalue weighted by Crippen LogP contribution is 2.42. The zero-order chi connectivity index (χ0) is 21.4. The van der Waals surface area contributed by atoms with Crippen molar-refractivity contribution in [2.45, 2.75) is 25.3 Å². The van der Waals surface area contributed by atoms with Gasteiger partial charge < -0.3 is 14.6 Å². The van der Waals surface area contributed by atoms with Crippen LogP contribution < -0.4 is 5.32 Å². The van der Waals surface area contributed by atoms with E-state index in [2.05, 4.69) is 36.1 Å². The maximum Gasteiger partial charge on any atom is 0.278 e. The fourth-order valence-electron chi connectivity index (χ4n) is 3.80. The van der Waals surface area contributed by atoms with Crippen molar-refractivity contribution in [3.63, 3.8) is 0 Å². The van der Waals surface area contributed by atoms with Gasteiger partial charge in [0.15, 0.2) is 5.69 Å². The molecule has 1 N–H and O–H groups in total. The second kappa shape index (κ2) is 8.28. The van der Waals surface area contributed by atoms with Crippen LogP contribution in [0.1, 0.15) is 34.9 Å². The molecule has 2 heterocycles. The molecule has 31 heavy (non-hydrogen) atoms. The van der Waals surface area contributed by atoms with E-state index in [1.54, 1.807) is 11.8 Å². The summed E-state index contributed by atoms with van der Waals surface area (Å²) >= 11 is 3.46. The molecule has 7 nitrogen and oxygen atoms in total. The van der Waals surface area contributed by atoms with Gasteiger partial charge in [0.05, 0.1) is 18.0 Å². The molecule has 8 heteroatoms. The average Bonchev–Trinajstić information content (AvgIpc) is 3.39. The number of nitrogens with zero attached hydrogens (tertiary/aromatic N) is 4. The number of benzene rings is 2. The molecular weight excluding hydrogens is 458 g/mol. The summed E-state index contributed by atoms with van der Waals surface area (Å²) in [4.78, 5) is 13.1. The third kappa shape index (κ3) is 4.00. The van der Waals surface area contributed by atoms with Gasteiger partial charge in [-0.3, -0.25) is 4.79 Å². The maximum atomic E-state index is 13.1. The minimum atomic E-state index is -0.233. The summed E-state index contributed by atoms with van der Waals surface area (Å²) in [6.45, 7) is 1.44. The summed E-state index contributed by atoms with van der Waals surface area (Å²) in [6, 6.07) is 15.8. The van der Waals surface area contributed by atoms with Crippen LogP contribution in [0.5, 0.6) is 0 Å². The lowest BCUT2D eigenvalue weighted by atomic mass is 10.2. The van der Waals surface area contributed by atoms with E-state index in [0.717, 1.165) is 51.8 Å². The zero-order valence-corrected chi connectivity index (χ0v) is 18.7. The number of ether oxygens (including phenoxy) is 1. The molecule has 1 amide bonds. The number of carbonyl (C=O) groups is 1. The van der Waals surface area contributed by atoms with Crippen molar-refractivity contribution in [2.24, 2.45) is 0 Å². The first-order chi connectivity index (χ1) is 15.1. The molecule has 2 aromatic carbocycles. The Hall–Kier alpha value is -2.97. The Labute approximate surface area is 188 Å². The lowest BCUT2D eigenvalue weighted by molar-refractivity contribution is 0.102. The molecule has 0 saturated heterocycles. The number of hydrogen-bond donors (Lipinski definition) is 1. The van der Waals surface area contributed by atoms with Crippen LogP contribution in [-0.4, -0.2) is 39.2 Å². The topological polar surface area (TPSA) is 74.0 Å². The van der Waals surface area contributed by atoms with Crippen molar-refractivity contribution in [3.8, 4) is 5.69 Å². The highest BCUT2D eigenvalue weighted by Gasteiger charge is 2.34. The Kier molecular flexibility index (Phi) is 5.33. The van der Waals surface area contributed by atoms with Gasteiger partial charge >= 0.3 is 0 Å². The number of anilines is 1. The van der Waals surface area contributed by atoms with Crippen LogP contribution in [0.15, 0.2) is 59.2 Å². The molecule has 1 aliphatic carbocycles. The Balaban J connectivity index is 1.41. The van der Waals surface area contributed by atoms with Gasteiger partial charge in [0.25, 0.3) is 5.91 Å². The molecule has 0 aliphatic heterocycles. The van der Waals surface area contributed by atoms with Crippen molar-refractivity contribution < 1.29 is 9.53 Å². The molecule has 0 bridgehead atoms. The second-order valence-corrected chi connectivity index (χ2v) is 8.63. The number of halogens is 1. The van der Waals surface area contributed by atoms with E-state index in [1.165, 1.54) is 0 Å². The predicted octanol–water partition coefficient (Wildman–Crippen LogP) is 4.76. The first-order valence-electron chi connectivity index (χ1n) is 10.2. The van der Waals surface area contributed by atoms with Gasteiger partial charge in [-0.15, -0.1) is 5.10 Å². The van der Waals surface area contributed by atoms with E-state index in [9.17, 15) is 4.79 Å². The van der Waals surface area contributed by atoms with Crippen molar-refractivity contribution in [1.82, 2.24) is 19.6 Å². The van der Waals surface area contributed by atoms with Crippen LogP contribution in [0.3, 0.4) is 0 Å². The summed E-state index contributed by atoms with van der Waals surface area (Å²) in [5, 5.41) is 12.6. The van der Waals surface area contributed by atoms with E-state index in [1.807, 2.05) is 54.7 Å². The van der Waals surface area contributed by atoms with Gasteiger partial charge in [-0.2, -0.15) is 0 Å². The van der Waals surface area contributed by atoms with Crippen molar-refractivity contribution in [1.29, 1.82) is 0 Å².